The van der Waals surface area contributed by atoms with Crippen LogP contribution in [0.2, 0.25) is 0 Å². The smallest absolute Gasteiger partial charge is 0.335 e. The van der Waals surface area contributed by atoms with Crippen molar-refractivity contribution in [3.8, 4) is 0 Å². The molecule has 0 spiro atoms. The van der Waals surface area contributed by atoms with Gasteiger partial charge in [0.15, 0.2) is 0 Å². The summed E-state index contributed by atoms with van der Waals surface area (Å²) in [6.45, 7) is 0.468. The number of aliphatic hydroxyl groups excluding tert-OH is 1. The summed E-state index contributed by atoms with van der Waals surface area (Å²) in [6, 6.07) is 8.83. The van der Waals surface area contributed by atoms with Crippen LogP contribution in [-0.2, 0) is 11.0 Å². The Kier molecular flexibility index (Phi) is 8.87. The Morgan fingerprint density at radius 3 is 2.63 bits per heavy atom. The lowest BCUT2D eigenvalue weighted by molar-refractivity contribution is 0.0894. The molecule has 0 aromatic heterocycles. The van der Waals surface area contributed by atoms with E-state index in [4.69, 9.17) is 9.79 Å². The van der Waals surface area contributed by atoms with Crippen molar-refractivity contribution in [2.45, 2.75) is 36.7 Å². The third kappa shape index (κ3) is 8.35. The van der Waals surface area contributed by atoms with E-state index in [9.17, 15) is 23.2 Å². The number of halogens is 2. The van der Waals surface area contributed by atoms with Gasteiger partial charge in [0.2, 0.25) is 0 Å². The van der Waals surface area contributed by atoms with Gasteiger partial charge in [-0.05, 0) is 12.0 Å². The van der Waals surface area contributed by atoms with E-state index in [-0.39, 0.29) is 36.8 Å². The minimum absolute atomic E-state index is 0.0162. The zero-order chi connectivity index (χ0) is 22.4. The van der Waals surface area contributed by atoms with Gasteiger partial charge in [-0.25, -0.2) is 4.79 Å². The van der Waals surface area contributed by atoms with Crippen molar-refractivity contribution in [3.05, 3.63) is 48.0 Å². The lowest BCUT2D eigenvalue weighted by atomic mass is 10.1. The largest absolute Gasteiger partial charge is 0.389 e. The van der Waals surface area contributed by atoms with Crippen molar-refractivity contribution < 1.29 is 33.0 Å². The number of benzene rings is 1. The predicted octanol–water partition coefficient (Wildman–Crippen LogP) is 3.12. The summed E-state index contributed by atoms with van der Waals surface area (Å²) in [5, 5.41) is 6.93. The SMILES string of the molecule is CN1C[C@H](C=CC(O)Cc2ccccc2)N(CCCC(F)(F)SCP(=O)(O)O)C1=O. The summed E-state index contributed by atoms with van der Waals surface area (Å²) in [5.41, 5.74) is 0.0249. The Morgan fingerprint density at radius 1 is 1.33 bits per heavy atom. The maximum absolute atomic E-state index is 13.8. The highest BCUT2D eigenvalue weighted by Crippen LogP contribution is 2.45. The number of hydrogen-bond acceptors (Lipinski definition) is 4. The van der Waals surface area contributed by atoms with E-state index in [1.165, 1.54) is 9.80 Å². The zero-order valence-electron chi connectivity index (χ0n) is 16.6. The van der Waals surface area contributed by atoms with Crippen molar-refractivity contribution in [3.63, 3.8) is 0 Å². The second kappa shape index (κ2) is 10.7. The average Bonchev–Trinajstić information content (AvgIpc) is 2.93. The molecule has 0 radical (unpaired) electrons. The second-order valence-electron chi connectivity index (χ2n) is 7.24. The topological polar surface area (TPSA) is 101 Å². The van der Waals surface area contributed by atoms with Gasteiger partial charge in [-0.15, -0.1) is 0 Å². The van der Waals surface area contributed by atoms with Crippen LogP contribution in [-0.4, -0.2) is 73.8 Å². The molecule has 168 valence electrons. The lowest BCUT2D eigenvalue weighted by Gasteiger charge is -2.23. The van der Waals surface area contributed by atoms with Crippen molar-refractivity contribution in [2.24, 2.45) is 0 Å². The first-order valence-corrected chi connectivity index (χ1v) is 12.2. The van der Waals surface area contributed by atoms with Crippen LogP contribution < -0.4 is 0 Å². The fraction of sp³-hybridized carbons (Fsp3) is 0.526. The highest BCUT2D eigenvalue weighted by atomic mass is 32.2. The van der Waals surface area contributed by atoms with E-state index >= 15 is 0 Å². The summed E-state index contributed by atoms with van der Waals surface area (Å²) in [4.78, 5) is 32.8. The first-order valence-electron chi connectivity index (χ1n) is 9.45. The van der Waals surface area contributed by atoms with Crippen LogP contribution in [0.1, 0.15) is 18.4 Å². The summed E-state index contributed by atoms with van der Waals surface area (Å²) >= 11 is -0.0720. The third-order valence-corrected chi connectivity index (χ3v) is 7.08. The maximum atomic E-state index is 13.8. The van der Waals surface area contributed by atoms with E-state index in [0.717, 1.165) is 5.56 Å². The van der Waals surface area contributed by atoms with Crippen molar-refractivity contribution >= 4 is 25.4 Å². The van der Waals surface area contributed by atoms with Crippen LogP contribution in [0.4, 0.5) is 13.6 Å². The van der Waals surface area contributed by atoms with Crippen molar-refractivity contribution in [1.29, 1.82) is 0 Å². The monoisotopic (exact) mass is 464 g/mol. The van der Waals surface area contributed by atoms with E-state index in [0.29, 0.717) is 13.0 Å². The molecular formula is C19H27F2N2O5PS. The fourth-order valence-electron chi connectivity index (χ4n) is 3.13. The molecule has 2 rings (SSSR count). The summed E-state index contributed by atoms with van der Waals surface area (Å²) in [6.07, 6.45) is 2.41. The lowest BCUT2D eigenvalue weighted by Crippen LogP contribution is -2.35. The number of alkyl halides is 2. The molecule has 1 fully saturated rings. The van der Waals surface area contributed by atoms with Gasteiger partial charge in [0.05, 0.1) is 12.1 Å². The van der Waals surface area contributed by atoms with Crippen molar-refractivity contribution in [1.82, 2.24) is 9.80 Å². The molecule has 0 bridgehead atoms. The van der Waals surface area contributed by atoms with Crippen LogP contribution in [0.3, 0.4) is 0 Å². The maximum Gasteiger partial charge on any atom is 0.335 e. The number of aliphatic hydroxyl groups is 1. The number of amides is 2. The molecule has 1 aromatic rings. The van der Waals surface area contributed by atoms with Gasteiger partial charge in [-0.3, -0.25) is 4.57 Å². The molecule has 1 unspecified atom stereocenters. The number of carbonyl (C=O) groups is 1. The van der Waals surface area contributed by atoms with Crippen LogP contribution >= 0.6 is 19.4 Å². The molecule has 1 heterocycles. The number of urea groups is 1. The molecule has 30 heavy (non-hydrogen) atoms. The third-order valence-electron chi connectivity index (χ3n) is 4.59. The zero-order valence-corrected chi connectivity index (χ0v) is 18.3. The van der Waals surface area contributed by atoms with Crippen molar-refractivity contribution in [2.75, 3.05) is 25.6 Å². The number of nitrogens with zero attached hydrogens (tertiary/aromatic N) is 2. The molecular weight excluding hydrogens is 437 g/mol. The molecule has 2 amide bonds. The van der Waals surface area contributed by atoms with Gasteiger partial charge in [-0.1, -0.05) is 54.2 Å². The average molecular weight is 464 g/mol. The van der Waals surface area contributed by atoms with E-state index in [2.05, 4.69) is 0 Å². The van der Waals surface area contributed by atoms with Crippen LogP contribution in [0.15, 0.2) is 42.5 Å². The van der Waals surface area contributed by atoms with E-state index < -0.39 is 30.9 Å². The van der Waals surface area contributed by atoms with Crippen LogP contribution in [0.25, 0.3) is 0 Å². The Balaban J connectivity index is 1.88. The molecule has 1 aliphatic rings. The first-order chi connectivity index (χ1) is 14.0. The van der Waals surface area contributed by atoms with Gasteiger partial charge in [0.1, 0.15) is 5.49 Å². The number of thioether (sulfide) groups is 1. The van der Waals surface area contributed by atoms with Gasteiger partial charge < -0.3 is 24.7 Å². The van der Waals surface area contributed by atoms with E-state index in [1.54, 1.807) is 19.2 Å². The standard InChI is InChI=1S/C19H27F2N2O5PS/c1-22-13-16(8-9-17(24)12-15-6-3-2-4-7-15)23(18(22)25)11-5-10-19(20,21)30-14-29(26,27)28/h2-4,6-9,16-17,24H,5,10-14H2,1H3,(H2,26,27,28)/t16-,17?/m0/s1. The molecule has 3 N–H and O–H groups in total. The summed E-state index contributed by atoms with van der Waals surface area (Å²) in [5.74, 6) is 0. The van der Waals surface area contributed by atoms with E-state index in [1.807, 2.05) is 30.3 Å². The summed E-state index contributed by atoms with van der Waals surface area (Å²) < 4.78 is 38.4. The second-order valence-corrected chi connectivity index (χ2v) is 10.5. The van der Waals surface area contributed by atoms with Gasteiger partial charge in [0.25, 0.3) is 5.25 Å². The van der Waals surface area contributed by atoms with Crippen LogP contribution in [0, 0.1) is 0 Å². The Labute approximate surface area is 178 Å². The van der Waals surface area contributed by atoms with Gasteiger partial charge >= 0.3 is 13.6 Å². The number of carbonyl (C=O) groups excluding carboxylic acids is 1. The normalized spacial score (nSPS) is 19.1. The molecule has 2 atom stereocenters. The molecule has 1 aromatic carbocycles. The minimum atomic E-state index is -4.51. The molecule has 11 heteroatoms. The summed E-state index contributed by atoms with van der Waals surface area (Å²) in [7, 11) is -2.89. The fourth-order valence-corrected chi connectivity index (χ4v) is 4.85. The molecule has 1 aliphatic heterocycles. The molecule has 7 nitrogen and oxygen atoms in total. The Hall–Kier alpha value is -1.45. The predicted molar refractivity (Wildman–Crippen MR) is 112 cm³/mol. The number of likely N-dealkylation sites (N-methyl/N-ethyl adjacent to an activating group) is 1. The quantitative estimate of drug-likeness (QED) is 0.344. The molecule has 0 saturated carbocycles. The Morgan fingerprint density at radius 2 is 2.00 bits per heavy atom. The number of hydrogen-bond donors (Lipinski definition) is 3. The highest BCUT2D eigenvalue weighted by Gasteiger charge is 2.36. The van der Waals surface area contributed by atoms with Crippen LogP contribution in [0.5, 0.6) is 0 Å². The molecule has 1 saturated heterocycles. The molecule has 0 aliphatic carbocycles. The number of rotatable bonds is 11. The van der Waals surface area contributed by atoms with Gasteiger partial charge in [0, 0.05) is 33.0 Å². The van der Waals surface area contributed by atoms with Gasteiger partial charge in [-0.2, -0.15) is 8.78 Å². The minimum Gasteiger partial charge on any atom is -0.389 e. The Bertz CT molecular complexity index is 777. The highest BCUT2D eigenvalue weighted by molar-refractivity contribution is 8.05. The first kappa shape index (κ1) is 24.8.